The highest BCUT2D eigenvalue weighted by Gasteiger charge is 2.48. The minimum Gasteiger partial charge on any atom is -0.507 e. The first-order valence-corrected chi connectivity index (χ1v) is 8.27. The minimum atomic E-state index is -0.858. The first-order chi connectivity index (χ1) is 13.1. The van der Waals surface area contributed by atoms with Crippen molar-refractivity contribution < 1.29 is 19.2 Å². The molecule has 4 rings (SSSR count). The van der Waals surface area contributed by atoms with E-state index >= 15 is 0 Å². The Morgan fingerprint density at radius 2 is 1.93 bits per heavy atom. The smallest absolute Gasteiger partial charge is 0.301 e. The maximum Gasteiger partial charge on any atom is 0.301 e. The van der Waals surface area contributed by atoms with Gasteiger partial charge < -0.3 is 9.63 Å². The van der Waals surface area contributed by atoms with Gasteiger partial charge in [0.1, 0.15) is 11.5 Å². The SMILES string of the molecule is Cc1cc(N2C(=O)C(=O)C(=C(O)c3ccccc3)[C@H]2c2cccnc2)no1. The van der Waals surface area contributed by atoms with Crippen molar-refractivity contribution >= 4 is 23.3 Å². The van der Waals surface area contributed by atoms with Crippen molar-refractivity contribution in [2.24, 2.45) is 0 Å². The summed E-state index contributed by atoms with van der Waals surface area (Å²) in [6, 6.07) is 12.8. The Labute approximate surface area is 154 Å². The first kappa shape index (κ1) is 16.7. The number of carbonyl (C=O) groups excluding carboxylic acids is 2. The number of anilines is 1. The standard InChI is InChI=1S/C20H15N3O4/c1-12-10-15(22-27-12)23-17(14-8-5-9-21-11-14)16(19(25)20(23)26)18(24)13-6-3-2-4-7-13/h2-11,17,24H,1H3/t17-/m1/s1. The van der Waals surface area contributed by atoms with E-state index in [0.29, 0.717) is 16.9 Å². The first-order valence-electron chi connectivity index (χ1n) is 8.27. The molecule has 1 saturated heterocycles. The molecule has 134 valence electrons. The minimum absolute atomic E-state index is 0.0140. The molecule has 7 heteroatoms. The molecule has 3 heterocycles. The molecular weight excluding hydrogens is 346 g/mol. The molecule has 1 aliphatic rings. The molecule has 27 heavy (non-hydrogen) atoms. The van der Waals surface area contributed by atoms with Crippen LogP contribution in [0.4, 0.5) is 5.82 Å². The molecule has 7 nitrogen and oxygen atoms in total. The van der Waals surface area contributed by atoms with Crippen molar-refractivity contribution in [1.29, 1.82) is 0 Å². The number of aryl methyl sites for hydroxylation is 1. The number of carbonyl (C=O) groups is 2. The fourth-order valence-electron chi connectivity index (χ4n) is 3.14. The fraction of sp³-hybridized carbons (Fsp3) is 0.100. The van der Waals surface area contributed by atoms with Crippen LogP contribution in [-0.2, 0) is 9.59 Å². The zero-order valence-electron chi connectivity index (χ0n) is 14.4. The number of amides is 1. The Hall–Kier alpha value is -3.74. The van der Waals surface area contributed by atoms with Crippen molar-refractivity contribution in [2.45, 2.75) is 13.0 Å². The van der Waals surface area contributed by atoms with Gasteiger partial charge in [-0.25, -0.2) is 0 Å². The molecule has 2 aromatic heterocycles. The summed E-state index contributed by atoms with van der Waals surface area (Å²) in [7, 11) is 0. The molecule has 0 spiro atoms. The molecule has 0 aliphatic carbocycles. The second kappa shape index (κ2) is 6.53. The van der Waals surface area contributed by atoms with Crippen LogP contribution >= 0.6 is 0 Å². The quantitative estimate of drug-likeness (QED) is 0.438. The Morgan fingerprint density at radius 3 is 2.56 bits per heavy atom. The van der Waals surface area contributed by atoms with Gasteiger partial charge in [0.05, 0.1) is 11.6 Å². The number of aromatic nitrogens is 2. The van der Waals surface area contributed by atoms with Crippen molar-refractivity contribution in [3.8, 4) is 0 Å². The number of hydrogen-bond acceptors (Lipinski definition) is 6. The lowest BCUT2D eigenvalue weighted by atomic mass is 9.96. The molecule has 1 amide bonds. The largest absolute Gasteiger partial charge is 0.507 e. The second-order valence-corrected chi connectivity index (χ2v) is 6.12. The van der Waals surface area contributed by atoms with E-state index in [-0.39, 0.29) is 17.2 Å². The van der Waals surface area contributed by atoms with Crippen LogP contribution in [0.1, 0.15) is 22.9 Å². The summed E-state index contributed by atoms with van der Waals surface area (Å²) in [6.45, 7) is 1.69. The lowest BCUT2D eigenvalue weighted by molar-refractivity contribution is -0.132. The Bertz CT molecular complexity index is 1040. The molecule has 1 aliphatic heterocycles. The number of nitrogens with zero attached hydrogens (tertiary/aromatic N) is 3. The van der Waals surface area contributed by atoms with Gasteiger partial charge in [-0.1, -0.05) is 41.6 Å². The third-order valence-electron chi connectivity index (χ3n) is 4.35. The summed E-state index contributed by atoms with van der Waals surface area (Å²) >= 11 is 0. The van der Waals surface area contributed by atoms with E-state index < -0.39 is 17.7 Å². The predicted molar refractivity (Wildman–Crippen MR) is 96.7 cm³/mol. The average molecular weight is 361 g/mol. The number of ketones is 1. The molecule has 1 aromatic carbocycles. The fourth-order valence-corrected chi connectivity index (χ4v) is 3.14. The molecule has 3 aromatic rings. The van der Waals surface area contributed by atoms with E-state index in [9.17, 15) is 14.7 Å². The number of pyridine rings is 1. The third kappa shape index (κ3) is 2.79. The van der Waals surface area contributed by atoms with Crippen molar-refractivity contribution in [1.82, 2.24) is 10.1 Å². The number of rotatable bonds is 3. The van der Waals surface area contributed by atoms with Crippen molar-refractivity contribution in [3.63, 3.8) is 0 Å². The van der Waals surface area contributed by atoms with Crippen LogP contribution < -0.4 is 4.90 Å². The maximum absolute atomic E-state index is 12.8. The van der Waals surface area contributed by atoms with Crippen molar-refractivity contribution in [2.75, 3.05) is 4.90 Å². The third-order valence-corrected chi connectivity index (χ3v) is 4.35. The van der Waals surface area contributed by atoms with E-state index in [0.717, 1.165) is 0 Å². The zero-order valence-corrected chi connectivity index (χ0v) is 14.4. The van der Waals surface area contributed by atoms with Crippen LogP contribution in [0.15, 0.2) is 71.0 Å². The summed E-state index contributed by atoms with van der Waals surface area (Å²) in [5.74, 6) is -1.11. The van der Waals surface area contributed by atoms with Crippen LogP contribution in [0.5, 0.6) is 0 Å². The molecule has 1 N–H and O–H groups in total. The number of aliphatic hydroxyl groups is 1. The van der Waals surface area contributed by atoms with Crippen LogP contribution in [0.2, 0.25) is 0 Å². The van der Waals surface area contributed by atoms with Crippen LogP contribution in [0.3, 0.4) is 0 Å². The summed E-state index contributed by atoms with van der Waals surface area (Å²) in [5.41, 5.74) is 1.01. The van der Waals surface area contributed by atoms with Gasteiger partial charge in [-0.15, -0.1) is 0 Å². The summed E-state index contributed by atoms with van der Waals surface area (Å²) < 4.78 is 5.08. The van der Waals surface area contributed by atoms with Crippen LogP contribution in [0.25, 0.3) is 5.76 Å². The maximum atomic E-state index is 12.8. The number of benzene rings is 1. The Balaban J connectivity index is 1.94. The van der Waals surface area contributed by atoms with Gasteiger partial charge in [-0.2, -0.15) is 0 Å². The van der Waals surface area contributed by atoms with Gasteiger partial charge in [0.2, 0.25) is 0 Å². The lowest BCUT2D eigenvalue weighted by Crippen LogP contribution is -2.29. The number of Topliss-reactive ketones (excluding diaryl/α,β-unsaturated/α-hetero) is 1. The monoisotopic (exact) mass is 361 g/mol. The average Bonchev–Trinajstić information content (AvgIpc) is 3.24. The number of hydrogen-bond donors (Lipinski definition) is 1. The van der Waals surface area contributed by atoms with Gasteiger partial charge in [-0.05, 0) is 18.6 Å². The molecule has 1 fully saturated rings. The summed E-state index contributed by atoms with van der Waals surface area (Å²) in [4.78, 5) is 30.9. The highest BCUT2D eigenvalue weighted by atomic mass is 16.5. The summed E-state index contributed by atoms with van der Waals surface area (Å²) in [6.07, 6.45) is 3.14. The van der Waals surface area contributed by atoms with E-state index in [4.69, 9.17) is 4.52 Å². The topological polar surface area (TPSA) is 96.5 Å². The Morgan fingerprint density at radius 1 is 1.15 bits per heavy atom. The summed E-state index contributed by atoms with van der Waals surface area (Å²) in [5, 5.41) is 14.7. The van der Waals surface area contributed by atoms with Crippen LogP contribution in [-0.4, -0.2) is 26.9 Å². The second-order valence-electron chi connectivity index (χ2n) is 6.12. The highest BCUT2D eigenvalue weighted by Crippen LogP contribution is 2.41. The normalized spacial score (nSPS) is 18.9. The predicted octanol–water partition coefficient (Wildman–Crippen LogP) is 3.00. The lowest BCUT2D eigenvalue weighted by Gasteiger charge is -2.22. The van der Waals surface area contributed by atoms with Crippen LogP contribution in [0, 0.1) is 6.92 Å². The molecular formula is C20H15N3O4. The van der Waals surface area contributed by atoms with Gasteiger partial charge in [0.15, 0.2) is 5.82 Å². The molecule has 0 unspecified atom stereocenters. The van der Waals surface area contributed by atoms with E-state index in [2.05, 4.69) is 10.1 Å². The van der Waals surface area contributed by atoms with E-state index in [1.54, 1.807) is 67.8 Å². The Kier molecular flexibility index (Phi) is 4.04. The highest BCUT2D eigenvalue weighted by molar-refractivity contribution is 6.51. The molecule has 0 radical (unpaired) electrons. The zero-order chi connectivity index (χ0) is 19.0. The molecule has 1 atom stereocenters. The van der Waals surface area contributed by atoms with Gasteiger partial charge in [-0.3, -0.25) is 19.5 Å². The van der Waals surface area contributed by atoms with E-state index in [1.165, 1.54) is 4.90 Å². The van der Waals surface area contributed by atoms with Crippen molar-refractivity contribution in [3.05, 3.63) is 83.4 Å². The van der Waals surface area contributed by atoms with Gasteiger partial charge in [0.25, 0.3) is 5.78 Å². The van der Waals surface area contributed by atoms with E-state index in [1.807, 2.05) is 0 Å². The van der Waals surface area contributed by atoms with Gasteiger partial charge in [0, 0.05) is 24.0 Å². The molecule has 0 saturated carbocycles. The molecule has 0 bridgehead atoms. The van der Waals surface area contributed by atoms with Gasteiger partial charge >= 0.3 is 5.91 Å². The number of aliphatic hydroxyl groups excluding tert-OH is 1.